The molecule has 3 nitrogen and oxygen atoms in total. The molecule has 1 amide bonds. The summed E-state index contributed by atoms with van der Waals surface area (Å²) in [5.74, 6) is -4.86. The fourth-order valence-corrected chi connectivity index (χ4v) is 2.48. The molecule has 0 aliphatic carbocycles. The van der Waals surface area contributed by atoms with E-state index in [1.54, 1.807) is 0 Å². The SMILES string of the molecule is O=C(NCCN1CCCCCC1)c1cc(F)c(F)c(F)c1. The van der Waals surface area contributed by atoms with E-state index in [0.717, 1.165) is 25.9 Å². The molecular formula is C15H19F3N2O. The smallest absolute Gasteiger partial charge is 0.251 e. The first-order chi connectivity index (χ1) is 10.1. The number of nitrogens with zero attached hydrogens (tertiary/aromatic N) is 1. The van der Waals surface area contributed by atoms with E-state index < -0.39 is 23.4 Å². The lowest BCUT2D eigenvalue weighted by molar-refractivity contribution is 0.0947. The summed E-state index contributed by atoms with van der Waals surface area (Å²) in [6.07, 6.45) is 4.78. The lowest BCUT2D eigenvalue weighted by atomic mass is 10.2. The van der Waals surface area contributed by atoms with Crippen molar-refractivity contribution in [3.63, 3.8) is 0 Å². The fourth-order valence-electron chi connectivity index (χ4n) is 2.48. The quantitative estimate of drug-likeness (QED) is 0.867. The zero-order valence-electron chi connectivity index (χ0n) is 11.8. The Morgan fingerprint density at radius 2 is 1.62 bits per heavy atom. The molecule has 0 aromatic heterocycles. The second-order valence-electron chi connectivity index (χ2n) is 5.27. The Labute approximate surface area is 122 Å². The fraction of sp³-hybridized carbons (Fsp3) is 0.533. The molecule has 1 aromatic rings. The molecule has 2 rings (SSSR count). The second-order valence-corrected chi connectivity index (χ2v) is 5.27. The number of likely N-dealkylation sites (tertiary alicyclic amines) is 1. The Morgan fingerprint density at radius 3 is 2.19 bits per heavy atom. The van der Waals surface area contributed by atoms with Gasteiger partial charge in [0.25, 0.3) is 5.91 Å². The number of hydrogen-bond acceptors (Lipinski definition) is 2. The van der Waals surface area contributed by atoms with Gasteiger partial charge in [-0.1, -0.05) is 12.8 Å². The minimum absolute atomic E-state index is 0.206. The minimum Gasteiger partial charge on any atom is -0.351 e. The molecule has 0 atom stereocenters. The summed E-state index contributed by atoms with van der Waals surface area (Å²) in [4.78, 5) is 14.0. The lowest BCUT2D eigenvalue weighted by Gasteiger charge is -2.19. The minimum atomic E-state index is -1.56. The highest BCUT2D eigenvalue weighted by molar-refractivity contribution is 5.94. The highest BCUT2D eigenvalue weighted by Crippen LogP contribution is 2.13. The van der Waals surface area contributed by atoms with Gasteiger partial charge in [0.2, 0.25) is 0 Å². The predicted octanol–water partition coefficient (Wildman–Crippen LogP) is 2.71. The van der Waals surface area contributed by atoms with Crippen molar-refractivity contribution in [1.29, 1.82) is 0 Å². The zero-order valence-corrected chi connectivity index (χ0v) is 11.8. The van der Waals surface area contributed by atoms with E-state index in [9.17, 15) is 18.0 Å². The lowest BCUT2D eigenvalue weighted by Crippen LogP contribution is -2.35. The molecule has 0 spiro atoms. The molecule has 6 heteroatoms. The molecule has 1 fully saturated rings. The number of nitrogens with one attached hydrogen (secondary N) is 1. The summed E-state index contributed by atoms with van der Waals surface area (Å²) in [6.45, 7) is 3.13. The third-order valence-corrected chi connectivity index (χ3v) is 3.66. The highest BCUT2D eigenvalue weighted by atomic mass is 19.2. The number of halogens is 3. The van der Waals surface area contributed by atoms with Crippen molar-refractivity contribution in [3.05, 3.63) is 35.1 Å². The molecule has 1 saturated heterocycles. The van der Waals surface area contributed by atoms with Crippen molar-refractivity contribution in [2.75, 3.05) is 26.2 Å². The van der Waals surface area contributed by atoms with Crippen LogP contribution in [0.2, 0.25) is 0 Å². The van der Waals surface area contributed by atoms with Crippen LogP contribution < -0.4 is 5.32 Å². The standard InChI is InChI=1S/C15H19F3N2O/c16-12-9-11(10-13(17)14(12)18)15(21)19-5-8-20-6-3-1-2-4-7-20/h9-10H,1-8H2,(H,19,21). The molecule has 0 saturated carbocycles. The number of hydrogen-bond donors (Lipinski definition) is 1. The third-order valence-electron chi connectivity index (χ3n) is 3.66. The Kier molecular flexibility index (Phi) is 5.61. The van der Waals surface area contributed by atoms with Crippen LogP contribution in [0.1, 0.15) is 36.0 Å². The maximum atomic E-state index is 13.1. The molecule has 1 aliphatic rings. The molecule has 0 unspecified atom stereocenters. The zero-order chi connectivity index (χ0) is 15.2. The normalized spacial score (nSPS) is 16.5. The number of carbonyl (C=O) groups excluding carboxylic acids is 1. The first-order valence-electron chi connectivity index (χ1n) is 7.23. The van der Waals surface area contributed by atoms with Gasteiger partial charge in [0.15, 0.2) is 17.5 Å². The van der Waals surface area contributed by atoms with Crippen LogP contribution in [0, 0.1) is 17.5 Å². The van der Waals surface area contributed by atoms with Crippen LogP contribution in [0.5, 0.6) is 0 Å². The van der Waals surface area contributed by atoms with Crippen molar-refractivity contribution in [2.45, 2.75) is 25.7 Å². The van der Waals surface area contributed by atoms with Gasteiger partial charge < -0.3 is 10.2 Å². The van der Waals surface area contributed by atoms with Crippen molar-refractivity contribution in [1.82, 2.24) is 10.2 Å². The van der Waals surface area contributed by atoms with E-state index in [4.69, 9.17) is 0 Å². The van der Waals surface area contributed by atoms with E-state index in [-0.39, 0.29) is 5.56 Å². The van der Waals surface area contributed by atoms with Gasteiger partial charge >= 0.3 is 0 Å². The number of benzene rings is 1. The summed E-state index contributed by atoms with van der Waals surface area (Å²) < 4.78 is 38.9. The van der Waals surface area contributed by atoms with E-state index in [1.807, 2.05) is 0 Å². The van der Waals surface area contributed by atoms with Crippen molar-refractivity contribution in [2.24, 2.45) is 0 Å². The summed E-state index contributed by atoms with van der Waals surface area (Å²) in [7, 11) is 0. The highest BCUT2D eigenvalue weighted by Gasteiger charge is 2.15. The molecule has 1 N–H and O–H groups in total. The summed E-state index contributed by atoms with van der Waals surface area (Å²) in [5.41, 5.74) is -0.206. The van der Waals surface area contributed by atoms with Gasteiger partial charge in [-0.3, -0.25) is 4.79 Å². The third kappa shape index (κ3) is 4.46. The molecule has 0 radical (unpaired) electrons. The van der Waals surface area contributed by atoms with Gasteiger partial charge in [-0.2, -0.15) is 0 Å². The van der Waals surface area contributed by atoms with Crippen LogP contribution in [0.3, 0.4) is 0 Å². The van der Waals surface area contributed by atoms with E-state index in [1.165, 1.54) is 12.8 Å². The molecule has 1 aliphatic heterocycles. The van der Waals surface area contributed by atoms with Gasteiger partial charge in [0.1, 0.15) is 0 Å². The summed E-state index contributed by atoms with van der Waals surface area (Å²) in [6, 6.07) is 1.42. The van der Waals surface area contributed by atoms with Crippen LogP contribution in [0.4, 0.5) is 13.2 Å². The van der Waals surface area contributed by atoms with Crippen LogP contribution in [0.15, 0.2) is 12.1 Å². The average molecular weight is 300 g/mol. The van der Waals surface area contributed by atoms with Crippen LogP contribution in [-0.4, -0.2) is 37.0 Å². The summed E-state index contributed by atoms with van der Waals surface area (Å²) in [5, 5.41) is 2.60. The van der Waals surface area contributed by atoms with Crippen molar-refractivity contribution in [3.8, 4) is 0 Å². The Bertz CT molecular complexity index is 477. The first-order valence-corrected chi connectivity index (χ1v) is 7.23. The van der Waals surface area contributed by atoms with Gasteiger partial charge in [0, 0.05) is 18.7 Å². The van der Waals surface area contributed by atoms with E-state index in [2.05, 4.69) is 10.2 Å². The monoisotopic (exact) mass is 300 g/mol. The van der Waals surface area contributed by atoms with Gasteiger partial charge in [-0.15, -0.1) is 0 Å². The molecule has 116 valence electrons. The van der Waals surface area contributed by atoms with Gasteiger partial charge in [0.05, 0.1) is 0 Å². The van der Waals surface area contributed by atoms with Gasteiger partial charge in [-0.05, 0) is 38.1 Å². The topological polar surface area (TPSA) is 32.3 Å². The van der Waals surface area contributed by atoms with Crippen molar-refractivity contribution >= 4 is 5.91 Å². The molecule has 0 bridgehead atoms. The van der Waals surface area contributed by atoms with Gasteiger partial charge in [-0.25, -0.2) is 13.2 Å². The molecule has 1 aromatic carbocycles. The van der Waals surface area contributed by atoms with Crippen LogP contribution in [-0.2, 0) is 0 Å². The number of carbonyl (C=O) groups is 1. The Morgan fingerprint density at radius 1 is 1.05 bits per heavy atom. The Hall–Kier alpha value is -1.56. The van der Waals surface area contributed by atoms with E-state index in [0.29, 0.717) is 25.2 Å². The Balaban J connectivity index is 1.84. The van der Waals surface area contributed by atoms with Crippen molar-refractivity contribution < 1.29 is 18.0 Å². The number of rotatable bonds is 4. The maximum Gasteiger partial charge on any atom is 0.251 e. The first kappa shape index (κ1) is 15.8. The summed E-state index contributed by atoms with van der Waals surface area (Å²) >= 11 is 0. The largest absolute Gasteiger partial charge is 0.351 e. The second kappa shape index (κ2) is 7.45. The predicted molar refractivity (Wildman–Crippen MR) is 73.6 cm³/mol. The molecule has 1 heterocycles. The average Bonchev–Trinajstić information content (AvgIpc) is 2.73. The van der Waals surface area contributed by atoms with Crippen LogP contribution >= 0.6 is 0 Å². The maximum absolute atomic E-state index is 13.1. The van der Waals surface area contributed by atoms with Crippen LogP contribution in [0.25, 0.3) is 0 Å². The van der Waals surface area contributed by atoms with E-state index >= 15 is 0 Å². The number of amides is 1. The molecular weight excluding hydrogens is 281 g/mol. The molecule has 21 heavy (non-hydrogen) atoms.